The van der Waals surface area contributed by atoms with Crippen molar-refractivity contribution < 1.29 is 28.4 Å². The van der Waals surface area contributed by atoms with Gasteiger partial charge in [-0.3, -0.25) is 9.59 Å². The molecule has 3 aromatic rings. The van der Waals surface area contributed by atoms with Gasteiger partial charge in [0.05, 0.1) is 16.8 Å². The third-order valence-electron chi connectivity index (χ3n) is 5.48. The fraction of sp³-hybridized carbons (Fsp3) is 0.280. The molecule has 1 fully saturated rings. The van der Waals surface area contributed by atoms with Crippen molar-refractivity contribution in [2.45, 2.75) is 33.3 Å². The van der Waals surface area contributed by atoms with Crippen LogP contribution in [0.15, 0.2) is 53.1 Å². The Morgan fingerprint density at radius 3 is 2.71 bits per heavy atom. The van der Waals surface area contributed by atoms with Crippen molar-refractivity contribution in [3.8, 4) is 5.75 Å². The monoisotopic (exact) mass is 463 g/mol. The number of ether oxygens (including phenoxy) is 2. The Morgan fingerprint density at radius 1 is 1.15 bits per heavy atom. The van der Waals surface area contributed by atoms with Crippen molar-refractivity contribution >= 4 is 29.2 Å². The molecule has 9 nitrogen and oxygen atoms in total. The van der Waals surface area contributed by atoms with E-state index in [1.54, 1.807) is 54.3 Å². The van der Waals surface area contributed by atoms with Gasteiger partial charge >= 0.3 is 5.97 Å². The van der Waals surface area contributed by atoms with Crippen LogP contribution in [0.3, 0.4) is 0 Å². The maximum atomic E-state index is 12.4. The molecule has 34 heavy (non-hydrogen) atoms. The topological polar surface area (TPSA) is 111 Å². The van der Waals surface area contributed by atoms with E-state index in [2.05, 4.69) is 10.5 Å². The van der Waals surface area contributed by atoms with Crippen LogP contribution in [0, 0.1) is 13.8 Å². The number of nitrogens with zero attached hydrogens (tertiary/aromatic N) is 2. The summed E-state index contributed by atoms with van der Waals surface area (Å²) < 4.78 is 16.0. The Balaban J connectivity index is 1.30. The van der Waals surface area contributed by atoms with E-state index in [0.29, 0.717) is 30.2 Å². The van der Waals surface area contributed by atoms with E-state index in [1.165, 1.54) is 0 Å². The quantitative estimate of drug-likeness (QED) is 0.506. The van der Waals surface area contributed by atoms with Crippen LogP contribution in [-0.2, 0) is 20.9 Å². The molecule has 176 valence electrons. The Bertz CT molecular complexity index is 1200. The number of rotatable bonds is 8. The van der Waals surface area contributed by atoms with Crippen LogP contribution >= 0.6 is 0 Å². The lowest BCUT2D eigenvalue weighted by molar-refractivity contribution is -0.119. The van der Waals surface area contributed by atoms with Gasteiger partial charge in [-0.25, -0.2) is 4.79 Å². The summed E-state index contributed by atoms with van der Waals surface area (Å²) in [7, 11) is 0. The second kappa shape index (κ2) is 10.2. The summed E-state index contributed by atoms with van der Waals surface area (Å²) in [6, 6.07) is 13.5. The molecule has 2 heterocycles. The van der Waals surface area contributed by atoms with Gasteiger partial charge in [0.1, 0.15) is 18.1 Å². The highest BCUT2D eigenvalue weighted by Crippen LogP contribution is 2.24. The van der Waals surface area contributed by atoms with Gasteiger partial charge in [-0.15, -0.1) is 0 Å². The molecule has 1 N–H and O–H groups in total. The average Bonchev–Trinajstić information content (AvgIpc) is 3.41. The summed E-state index contributed by atoms with van der Waals surface area (Å²) in [5, 5.41) is 6.58. The second-order valence-corrected chi connectivity index (χ2v) is 7.94. The molecule has 9 heteroatoms. The highest BCUT2D eigenvalue weighted by Gasteiger charge is 2.22. The normalized spacial score (nSPS) is 13.1. The molecule has 0 unspecified atom stereocenters. The van der Waals surface area contributed by atoms with Crippen molar-refractivity contribution in [1.29, 1.82) is 0 Å². The van der Waals surface area contributed by atoms with E-state index in [4.69, 9.17) is 14.0 Å². The van der Waals surface area contributed by atoms with Crippen molar-refractivity contribution in [3.05, 3.63) is 71.1 Å². The molecule has 0 saturated carbocycles. The van der Waals surface area contributed by atoms with Crippen molar-refractivity contribution in [1.82, 2.24) is 5.16 Å². The Hall–Kier alpha value is -4.14. The van der Waals surface area contributed by atoms with Gasteiger partial charge in [0.15, 0.2) is 6.61 Å². The van der Waals surface area contributed by atoms with Gasteiger partial charge in [0.25, 0.3) is 5.91 Å². The zero-order valence-electron chi connectivity index (χ0n) is 19.0. The number of aromatic nitrogens is 1. The van der Waals surface area contributed by atoms with Crippen LogP contribution in [0.1, 0.15) is 40.2 Å². The number of nitrogens with one attached hydrogen (secondary N) is 1. The minimum Gasteiger partial charge on any atom is -0.489 e. The van der Waals surface area contributed by atoms with Crippen LogP contribution in [0.5, 0.6) is 5.75 Å². The predicted molar refractivity (Wildman–Crippen MR) is 124 cm³/mol. The van der Waals surface area contributed by atoms with Gasteiger partial charge in [-0.05, 0) is 56.7 Å². The molecule has 0 spiro atoms. The fourth-order valence-electron chi connectivity index (χ4n) is 3.66. The standard InChI is InChI=1S/C25H25N3O6/c1-16-22(17(2)34-27-16)14-32-21-9-3-6-18(12-21)25(31)33-15-23(29)26-19-7-4-8-20(13-19)28-11-5-10-24(28)30/h3-4,6-9,12-13H,5,10-11,14-15H2,1-2H3,(H,26,29). The number of hydrogen-bond acceptors (Lipinski definition) is 7. The summed E-state index contributed by atoms with van der Waals surface area (Å²) >= 11 is 0. The van der Waals surface area contributed by atoms with Gasteiger partial charge in [0, 0.05) is 24.3 Å². The van der Waals surface area contributed by atoms with Gasteiger partial charge in [-0.1, -0.05) is 17.3 Å². The van der Waals surface area contributed by atoms with E-state index in [-0.39, 0.29) is 18.1 Å². The molecule has 1 aliphatic heterocycles. The molecular weight excluding hydrogens is 438 g/mol. The maximum absolute atomic E-state index is 12.4. The number of anilines is 2. The van der Waals surface area contributed by atoms with Crippen molar-refractivity contribution in [3.63, 3.8) is 0 Å². The Labute approximate surface area is 196 Å². The van der Waals surface area contributed by atoms with E-state index in [0.717, 1.165) is 23.4 Å². The highest BCUT2D eigenvalue weighted by molar-refractivity contribution is 5.98. The number of esters is 1. The average molecular weight is 463 g/mol. The molecule has 1 aromatic heterocycles. The minimum atomic E-state index is -0.644. The van der Waals surface area contributed by atoms with Gasteiger partial charge < -0.3 is 24.2 Å². The minimum absolute atomic E-state index is 0.0651. The van der Waals surface area contributed by atoms with Gasteiger partial charge in [0.2, 0.25) is 5.91 Å². The maximum Gasteiger partial charge on any atom is 0.338 e. The first-order valence-electron chi connectivity index (χ1n) is 10.9. The molecule has 1 aliphatic rings. The van der Waals surface area contributed by atoms with Crippen LogP contribution in [-0.4, -0.2) is 36.1 Å². The Kier molecular flexibility index (Phi) is 6.91. The lowest BCUT2D eigenvalue weighted by Gasteiger charge is -2.16. The first-order valence-corrected chi connectivity index (χ1v) is 10.9. The zero-order chi connectivity index (χ0) is 24.1. The van der Waals surface area contributed by atoms with Crippen LogP contribution < -0.4 is 15.0 Å². The summed E-state index contributed by atoms with van der Waals surface area (Å²) in [6.07, 6.45) is 1.34. The molecule has 2 aromatic carbocycles. The van der Waals surface area contributed by atoms with E-state index < -0.39 is 18.5 Å². The first-order chi connectivity index (χ1) is 16.4. The predicted octanol–water partition coefficient (Wildman–Crippen LogP) is 3.79. The summed E-state index contributed by atoms with van der Waals surface area (Å²) in [6.45, 7) is 4.10. The van der Waals surface area contributed by atoms with Gasteiger partial charge in [-0.2, -0.15) is 0 Å². The molecule has 1 saturated heterocycles. The summed E-state index contributed by atoms with van der Waals surface area (Å²) in [5.74, 6) is 0.0950. The zero-order valence-corrected chi connectivity index (χ0v) is 19.0. The van der Waals surface area contributed by atoms with Crippen molar-refractivity contribution in [2.75, 3.05) is 23.4 Å². The SMILES string of the molecule is Cc1noc(C)c1COc1cccc(C(=O)OCC(=O)Nc2cccc(N3CCCC3=O)c2)c1. The lowest BCUT2D eigenvalue weighted by atomic mass is 10.2. The number of hydrogen-bond donors (Lipinski definition) is 1. The number of carbonyl (C=O) groups is 3. The van der Waals surface area contributed by atoms with Crippen LogP contribution in [0.2, 0.25) is 0 Å². The van der Waals surface area contributed by atoms with E-state index in [1.807, 2.05) is 13.0 Å². The molecule has 0 aliphatic carbocycles. The number of aryl methyl sites for hydroxylation is 2. The highest BCUT2D eigenvalue weighted by atomic mass is 16.5. The van der Waals surface area contributed by atoms with E-state index in [9.17, 15) is 14.4 Å². The largest absolute Gasteiger partial charge is 0.489 e. The third-order valence-corrected chi connectivity index (χ3v) is 5.48. The van der Waals surface area contributed by atoms with Crippen LogP contribution in [0.25, 0.3) is 0 Å². The molecule has 4 rings (SSSR count). The number of amides is 2. The third kappa shape index (κ3) is 5.43. The van der Waals surface area contributed by atoms with Crippen LogP contribution in [0.4, 0.5) is 11.4 Å². The first kappa shape index (κ1) is 23.0. The Morgan fingerprint density at radius 2 is 1.97 bits per heavy atom. The second-order valence-electron chi connectivity index (χ2n) is 7.94. The van der Waals surface area contributed by atoms with E-state index >= 15 is 0 Å². The number of carbonyl (C=O) groups excluding carboxylic acids is 3. The molecule has 2 amide bonds. The lowest BCUT2D eigenvalue weighted by Crippen LogP contribution is -2.24. The summed E-state index contributed by atoms with van der Waals surface area (Å²) in [5.41, 5.74) is 3.11. The molecular formula is C25H25N3O6. The van der Waals surface area contributed by atoms with Crippen molar-refractivity contribution in [2.24, 2.45) is 0 Å². The smallest absolute Gasteiger partial charge is 0.338 e. The number of benzene rings is 2. The molecule has 0 radical (unpaired) electrons. The summed E-state index contributed by atoms with van der Waals surface area (Å²) in [4.78, 5) is 38.4. The fourth-order valence-corrected chi connectivity index (χ4v) is 3.66. The molecule has 0 atom stereocenters. The molecule has 0 bridgehead atoms.